The highest BCUT2D eigenvalue weighted by Gasteiger charge is 2.54. The van der Waals surface area contributed by atoms with E-state index >= 15 is 9.59 Å². The average Bonchev–Trinajstić information content (AvgIpc) is 3.04. The largest absolute Gasteiger partial charge is 0.507 e. The molecule has 2 N–H and O–H groups in total. The van der Waals surface area contributed by atoms with E-state index in [0.29, 0.717) is 25.7 Å². The SMILES string of the molecule is Cc1c(CC(Cc2cc(C(C)(C)C)c(O)c(C)c2C)(C(=O)OC2CC(C)(C)N(C)C(C)(C)C2)C(=O)OC2CC(C)(C)N(C)C(C)(C)C2)cc(C(C)(C)C)c(O)c1C. The lowest BCUT2D eigenvalue weighted by Crippen LogP contribution is -2.61. The Balaban J connectivity index is 2.05. The summed E-state index contributed by atoms with van der Waals surface area (Å²) in [4.78, 5) is 36.1. The van der Waals surface area contributed by atoms with Crippen molar-refractivity contribution in [1.29, 1.82) is 0 Å². The van der Waals surface area contributed by atoms with E-state index in [0.717, 1.165) is 44.5 Å². The van der Waals surface area contributed by atoms with E-state index < -0.39 is 40.4 Å². The Bertz CT molecular complexity index is 1700. The van der Waals surface area contributed by atoms with Crippen LogP contribution in [0.5, 0.6) is 11.5 Å². The second-order valence-electron chi connectivity index (χ2n) is 22.5. The van der Waals surface area contributed by atoms with Gasteiger partial charge in [-0.05, 0) is 165 Å². The highest BCUT2D eigenvalue weighted by molar-refractivity contribution is 6.01. The summed E-state index contributed by atoms with van der Waals surface area (Å²) in [5.41, 5.74) is 2.48. The van der Waals surface area contributed by atoms with Crippen LogP contribution in [0.4, 0.5) is 0 Å². The summed E-state index contributed by atoms with van der Waals surface area (Å²) < 4.78 is 13.5. The van der Waals surface area contributed by atoms with Gasteiger partial charge in [0.15, 0.2) is 5.41 Å². The first kappa shape index (κ1) is 46.6. The fourth-order valence-electron chi connectivity index (χ4n) is 9.79. The van der Waals surface area contributed by atoms with E-state index in [4.69, 9.17) is 9.47 Å². The van der Waals surface area contributed by atoms with E-state index in [9.17, 15) is 10.2 Å². The van der Waals surface area contributed by atoms with Crippen LogP contribution in [0.1, 0.15) is 167 Å². The summed E-state index contributed by atoms with van der Waals surface area (Å²) in [7, 11) is 4.24. The molecule has 0 atom stereocenters. The number of carbonyl (C=O) groups excluding carboxylic acids is 2. The van der Waals surface area contributed by atoms with Gasteiger partial charge in [0.25, 0.3) is 0 Å². The van der Waals surface area contributed by atoms with Crippen LogP contribution in [-0.4, -0.2) is 80.4 Å². The number of carbonyl (C=O) groups is 2. The number of rotatable bonds is 8. The molecular formula is C49H78N2O6. The lowest BCUT2D eigenvalue weighted by atomic mass is 9.71. The lowest BCUT2D eigenvalue weighted by molar-refractivity contribution is -0.187. The van der Waals surface area contributed by atoms with E-state index in [1.165, 1.54) is 0 Å². The number of likely N-dealkylation sites (tertiary alicyclic amines) is 2. The average molecular weight is 791 g/mol. The molecule has 0 spiro atoms. The van der Waals surface area contributed by atoms with Crippen molar-refractivity contribution in [2.24, 2.45) is 5.41 Å². The van der Waals surface area contributed by atoms with Gasteiger partial charge in [0.05, 0.1) is 0 Å². The molecule has 2 aliphatic heterocycles. The van der Waals surface area contributed by atoms with Gasteiger partial charge < -0.3 is 19.7 Å². The molecule has 0 unspecified atom stereocenters. The maximum absolute atomic E-state index is 15.7. The third-order valence-electron chi connectivity index (χ3n) is 14.4. The molecule has 0 amide bonds. The maximum Gasteiger partial charge on any atom is 0.324 e. The van der Waals surface area contributed by atoms with Crippen LogP contribution in [0, 0.1) is 33.1 Å². The van der Waals surface area contributed by atoms with Gasteiger partial charge in [-0.2, -0.15) is 0 Å². The Morgan fingerprint density at radius 1 is 0.579 bits per heavy atom. The molecule has 320 valence electrons. The predicted octanol–water partition coefficient (Wildman–Crippen LogP) is 10.1. The standard InChI is InChI=1S/C49H78N2O6/c1-29-31(3)39(52)37(43(5,6)7)21-33(29)23-49(24-34-22-38(44(8,9)10)40(53)32(4)30(34)2,41(54)56-35-25-45(11,12)50(19)46(13,14)26-35)42(55)57-36-27-47(15,16)51(20)48(17,18)28-36/h21-22,35-36,52-53H,23-28H2,1-20H3. The van der Waals surface area contributed by atoms with Gasteiger partial charge in [-0.25, -0.2) is 0 Å². The van der Waals surface area contributed by atoms with Gasteiger partial charge >= 0.3 is 11.9 Å². The molecule has 0 radical (unpaired) electrons. The van der Waals surface area contributed by atoms with Crippen molar-refractivity contribution >= 4 is 11.9 Å². The highest BCUT2D eigenvalue weighted by atomic mass is 16.6. The Morgan fingerprint density at radius 3 is 1.09 bits per heavy atom. The minimum atomic E-state index is -1.80. The quantitative estimate of drug-likeness (QED) is 0.202. The molecular weight excluding hydrogens is 713 g/mol. The van der Waals surface area contributed by atoms with E-state index in [-0.39, 0.29) is 46.5 Å². The second-order valence-corrected chi connectivity index (χ2v) is 22.5. The van der Waals surface area contributed by atoms with Gasteiger partial charge in [0.2, 0.25) is 0 Å². The number of phenolic OH excluding ortho intramolecular Hbond substituents is 2. The Morgan fingerprint density at radius 2 is 0.842 bits per heavy atom. The van der Waals surface area contributed by atoms with Crippen molar-refractivity contribution in [3.8, 4) is 11.5 Å². The zero-order valence-corrected chi connectivity index (χ0v) is 39.5. The molecule has 8 nitrogen and oxygen atoms in total. The number of ether oxygens (including phenoxy) is 2. The number of esters is 2. The summed E-state index contributed by atoms with van der Waals surface area (Å²) in [5, 5.41) is 22.9. The number of benzene rings is 2. The molecule has 2 heterocycles. The molecule has 4 rings (SSSR count). The maximum atomic E-state index is 15.7. The van der Waals surface area contributed by atoms with Gasteiger partial charge in [-0.1, -0.05) is 53.7 Å². The first-order chi connectivity index (χ1) is 25.6. The summed E-state index contributed by atoms with van der Waals surface area (Å²) in [5.74, 6) is -0.730. The smallest absolute Gasteiger partial charge is 0.324 e. The molecule has 2 aliphatic rings. The minimum Gasteiger partial charge on any atom is -0.507 e. The summed E-state index contributed by atoms with van der Waals surface area (Å²) in [6.45, 7) is 37.4. The molecule has 0 saturated carbocycles. The topological polar surface area (TPSA) is 99.5 Å². The van der Waals surface area contributed by atoms with Crippen molar-refractivity contribution in [2.45, 2.75) is 208 Å². The Kier molecular flexibility index (Phi) is 12.4. The van der Waals surface area contributed by atoms with Gasteiger partial charge in [-0.3, -0.25) is 19.4 Å². The fraction of sp³-hybridized carbons (Fsp3) is 0.714. The Labute approximate surface area is 346 Å². The Hall–Kier alpha value is -3.10. The van der Waals surface area contributed by atoms with Crippen LogP contribution >= 0.6 is 0 Å². The molecule has 8 heteroatoms. The molecule has 2 aromatic carbocycles. The first-order valence-electron chi connectivity index (χ1n) is 21.1. The van der Waals surface area contributed by atoms with Crippen molar-refractivity contribution in [3.63, 3.8) is 0 Å². The highest BCUT2D eigenvalue weighted by Crippen LogP contribution is 2.46. The molecule has 0 aliphatic carbocycles. The third kappa shape index (κ3) is 9.07. The number of phenols is 2. The van der Waals surface area contributed by atoms with Crippen LogP contribution in [0.25, 0.3) is 0 Å². The lowest BCUT2D eigenvalue weighted by Gasteiger charge is -2.53. The molecule has 2 aromatic rings. The van der Waals surface area contributed by atoms with Gasteiger partial charge in [0.1, 0.15) is 23.7 Å². The summed E-state index contributed by atoms with van der Waals surface area (Å²) in [6.07, 6.45) is 1.60. The number of nitrogens with zero attached hydrogens (tertiary/aromatic N) is 2. The fourth-order valence-corrected chi connectivity index (χ4v) is 9.79. The second kappa shape index (κ2) is 15.2. The number of aromatic hydroxyl groups is 2. The molecule has 0 aromatic heterocycles. The number of hydrogen-bond donors (Lipinski definition) is 2. The van der Waals surface area contributed by atoms with Crippen molar-refractivity contribution in [2.75, 3.05) is 14.1 Å². The van der Waals surface area contributed by atoms with Crippen LogP contribution in [0.3, 0.4) is 0 Å². The van der Waals surface area contributed by atoms with Crippen LogP contribution in [0.2, 0.25) is 0 Å². The van der Waals surface area contributed by atoms with Crippen molar-refractivity contribution in [1.82, 2.24) is 9.80 Å². The molecule has 57 heavy (non-hydrogen) atoms. The van der Waals surface area contributed by atoms with Gasteiger partial charge in [0, 0.05) is 47.8 Å². The minimum absolute atomic E-state index is 0.0176. The zero-order valence-electron chi connectivity index (χ0n) is 39.5. The monoisotopic (exact) mass is 791 g/mol. The first-order valence-corrected chi connectivity index (χ1v) is 21.1. The number of hydrogen-bond acceptors (Lipinski definition) is 8. The van der Waals surface area contributed by atoms with Gasteiger partial charge in [-0.15, -0.1) is 0 Å². The molecule has 0 bridgehead atoms. The predicted molar refractivity (Wildman–Crippen MR) is 232 cm³/mol. The van der Waals surface area contributed by atoms with E-state index in [2.05, 4.69) is 121 Å². The third-order valence-corrected chi connectivity index (χ3v) is 14.4. The normalized spacial score (nSPS) is 20.7. The zero-order chi connectivity index (χ0) is 43.8. The van der Waals surface area contributed by atoms with Crippen LogP contribution in [0.15, 0.2) is 12.1 Å². The van der Waals surface area contributed by atoms with Crippen molar-refractivity contribution in [3.05, 3.63) is 56.6 Å². The van der Waals surface area contributed by atoms with Crippen LogP contribution < -0.4 is 0 Å². The summed E-state index contributed by atoms with van der Waals surface area (Å²) >= 11 is 0. The number of piperidine rings is 2. The molecule has 2 fully saturated rings. The van der Waals surface area contributed by atoms with Crippen molar-refractivity contribution < 1.29 is 29.3 Å². The summed E-state index contributed by atoms with van der Waals surface area (Å²) in [6, 6.07) is 3.96. The van der Waals surface area contributed by atoms with E-state index in [1.54, 1.807) is 0 Å². The van der Waals surface area contributed by atoms with E-state index in [1.807, 2.05) is 39.8 Å². The molecule has 2 saturated heterocycles. The van der Waals surface area contributed by atoms with Crippen LogP contribution in [-0.2, 0) is 42.7 Å².